The Morgan fingerprint density at radius 1 is 1.22 bits per heavy atom. The van der Waals surface area contributed by atoms with E-state index in [0.717, 1.165) is 16.5 Å². The first kappa shape index (κ1) is 17.9. The molecule has 0 saturated carbocycles. The van der Waals surface area contributed by atoms with Crippen LogP contribution < -0.4 is 0 Å². The van der Waals surface area contributed by atoms with Crippen molar-refractivity contribution in [1.29, 1.82) is 0 Å². The molecule has 2 aromatic rings. The SMILES string of the molecule is O=C(O)c1cc2c(s1)C1(CCN(C(=O)c3ccc(O)cc3F)CC1)OCC2. The van der Waals surface area contributed by atoms with Crippen molar-refractivity contribution in [3.05, 3.63) is 51.0 Å². The standard InChI is InChI=1S/C19H18FNO5S/c20-14-10-12(22)1-2-13(14)17(23)21-6-4-19(5-7-21)16-11(3-8-26-19)9-15(27-16)18(24)25/h1-2,9-10,22H,3-8H2,(H,24,25). The smallest absolute Gasteiger partial charge is 0.345 e. The number of aromatic carboxylic acids is 1. The molecule has 0 aliphatic carbocycles. The number of piperidine rings is 1. The van der Waals surface area contributed by atoms with Crippen LogP contribution in [0.3, 0.4) is 0 Å². The Kier molecular flexibility index (Phi) is 4.39. The van der Waals surface area contributed by atoms with Gasteiger partial charge in [-0.2, -0.15) is 0 Å². The number of hydrogen-bond donors (Lipinski definition) is 2. The molecule has 27 heavy (non-hydrogen) atoms. The summed E-state index contributed by atoms with van der Waals surface area (Å²) in [5.41, 5.74) is 0.363. The van der Waals surface area contributed by atoms with Crippen LogP contribution in [0.2, 0.25) is 0 Å². The van der Waals surface area contributed by atoms with Crippen molar-refractivity contribution in [3.63, 3.8) is 0 Å². The zero-order valence-corrected chi connectivity index (χ0v) is 15.2. The molecule has 1 spiro atoms. The second kappa shape index (κ2) is 6.61. The molecular formula is C19H18FNO5S. The van der Waals surface area contributed by atoms with Gasteiger partial charge in [-0.1, -0.05) is 0 Å². The van der Waals surface area contributed by atoms with Gasteiger partial charge in [0.15, 0.2) is 0 Å². The molecular weight excluding hydrogens is 373 g/mol. The number of likely N-dealkylation sites (tertiary alicyclic amines) is 1. The molecule has 2 aliphatic heterocycles. The number of amides is 1. The minimum atomic E-state index is -0.944. The molecule has 1 amide bonds. The maximum atomic E-state index is 14.0. The summed E-state index contributed by atoms with van der Waals surface area (Å²) in [7, 11) is 0. The molecule has 0 unspecified atom stereocenters. The normalized spacial score (nSPS) is 18.3. The zero-order valence-electron chi connectivity index (χ0n) is 14.4. The van der Waals surface area contributed by atoms with Gasteiger partial charge in [-0.15, -0.1) is 11.3 Å². The lowest BCUT2D eigenvalue weighted by Crippen LogP contribution is -2.48. The number of hydrogen-bond acceptors (Lipinski definition) is 5. The Labute approximate surface area is 158 Å². The molecule has 1 saturated heterocycles. The van der Waals surface area contributed by atoms with Crippen LogP contribution >= 0.6 is 11.3 Å². The lowest BCUT2D eigenvalue weighted by atomic mass is 9.85. The van der Waals surface area contributed by atoms with E-state index in [0.29, 0.717) is 43.8 Å². The van der Waals surface area contributed by atoms with Gasteiger partial charge in [-0.3, -0.25) is 4.79 Å². The largest absolute Gasteiger partial charge is 0.508 e. The fourth-order valence-corrected chi connectivity index (χ4v) is 5.07. The highest BCUT2D eigenvalue weighted by Crippen LogP contribution is 2.45. The van der Waals surface area contributed by atoms with E-state index in [1.807, 2.05) is 0 Å². The number of carbonyl (C=O) groups is 2. The van der Waals surface area contributed by atoms with Gasteiger partial charge in [0.25, 0.3) is 5.91 Å². The van der Waals surface area contributed by atoms with Crippen molar-refractivity contribution in [3.8, 4) is 5.75 Å². The first-order valence-electron chi connectivity index (χ1n) is 8.68. The third-order valence-electron chi connectivity index (χ3n) is 5.22. The molecule has 0 bridgehead atoms. The molecule has 8 heteroatoms. The number of halogens is 1. The molecule has 1 aromatic carbocycles. The molecule has 0 atom stereocenters. The lowest BCUT2D eigenvalue weighted by molar-refractivity contribution is -0.0906. The number of benzene rings is 1. The molecule has 142 valence electrons. The summed E-state index contributed by atoms with van der Waals surface area (Å²) in [6.45, 7) is 1.29. The summed E-state index contributed by atoms with van der Waals surface area (Å²) < 4.78 is 20.1. The molecule has 1 aromatic heterocycles. The van der Waals surface area contributed by atoms with E-state index in [1.54, 1.807) is 11.0 Å². The summed E-state index contributed by atoms with van der Waals surface area (Å²) in [5.74, 6) is -2.34. The maximum Gasteiger partial charge on any atom is 0.345 e. The number of phenolic OH excluding ortho intramolecular Hbond substituents is 1. The molecule has 6 nitrogen and oxygen atoms in total. The first-order valence-corrected chi connectivity index (χ1v) is 9.49. The van der Waals surface area contributed by atoms with Crippen LogP contribution in [0.25, 0.3) is 0 Å². The number of nitrogens with zero attached hydrogens (tertiary/aromatic N) is 1. The predicted molar refractivity (Wildman–Crippen MR) is 95.8 cm³/mol. The molecule has 1 fully saturated rings. The van der Waals surface area contributed by atoms with E-state index in [-0.39, 0.29) is 11.3 Å². The number of fused-ring (bicyclic) bond motifs is 2. The van der Waals surface area contributed by atoms with E-state index in [4.69, 9.17) is 4.74 Å². The van der Waals surface area contributed by atoms with Crippen molar-refractivity contribution in [1.82, 2.24) is 4.90 Å². The average Bonchev–Trinajstić information content (AvgIpc) is 3.08. The van der Waals surface area contributed by atoms with Crippen LogP contribution in [-0.2, 0) is 16.8 Å². The zero-order chi connectivity index (χ0) is 19.2. The fraction of sp³-hybridized carbons (Fsp3) is 0.368. The second-order valence-electron chi connectivity index (χ2n) is 6.82. The molecule has 0 radical (unpaired) electrons. The minimum absolute atomic E-state index is 0.0710. The summed E-state index contributed by atoms with van der Waals surface area (Å²) in [4.78, 5) is 26.8. The van der Waals surface area contributed by atoms with Crippen LogP contribution in [0, 0.1) is 5.82 Å². The Balaban J connectivity index is 1.54. The minimum Gasteiger partial charge on any atom is -0.508 e. The first-order chi connectivity index (χ1) is 12.9. The molecule has 2 aliphatic rings. The van der Waals surface area contributed by atoms with Crippen molar-refractivity contribution in [2.24, 2.45) is 0 Å². The molecule has 2 N–H and O–H groups in total. The van der Waals surface area contributed by atoms with Crippen molar-refractivity contribution in [2.45, 2.75) is 24.9 Å². The van der Waals surface area contributed by atoms with Gasteiger partial charge in [0.05, 0.1) is 12.2 Å². The van der Waals surface area contributed by atoms with Gasteiger partial charge in [-0.05, 0) is 43.0 Å². The average molecular weight is 391 g/mol. The van der Waals surface area contributed by atoms with Crippen molar-refractivity contribution < 1.29 is 28.9 Å². The maximum absolute atomic E-state index is 14.0. The van der Waals surface area contributed by atoms with Gasteiger partial charge < -0.3 is 19.8 Å². The van der Waals surface area contributed by atoms with E-state index in [1.165, 1.54) is 23.5 Å². The highest BCUT2D eigenvalue weighted by Gasteiger charge is 2.43. The number of rotatable bonds is 2. The van der Waals surface area contributed by atoms with E-state index >= 15 is 0 Å². The number of ether oxygens (including phenoxy) is 1. The number of aromatic hydroxyl groups is 1. The molecule has 3 heterocycles. The van der Waals surface area contributed by atoms with Crippen LogP contribution in [0.5, 0.6) is 5.75 Å². The summed E-state index contributed by atoms with van der Waals surface area (Å²) in [6, 6.07) is 5.21. The van der Waals surface area contributed by atoms with Crippen LogP contribution in [0.4, 0.5) is 4.39 Å². The third kappa shape index (κ3) is 3.08. The number of carboxylic acid groups (broad SMARTS) is 1. The Morgan fingerprint density at radius 2 is 1.96 bits per heavy atom. The van der Waals surface area contributed by atoms with Gasteiger partial charge >= 0.3 is 5.97 Å². The topological polar surface area (TPSA) is 87.1 Å². The van der Waals surface area contributed by atoms with Gasteiger partial charge in [0.1, 0.15) is 22.0 Å². The number of carboxylic acids is 1. The highest BCUT2D eigenvalue weighted by atomic mass is 32.1. The highest BCUT2D eigenvalue weighted by molar-refractivity contribution is 7.14. The monoisotopic (exact) mass is 391 g/mol. The van der Waals surface area contributed by atoms with Gasteiger partial charge in [0, 0.05) is 24.0 Å². The van der Waals surface area contributed by atoms with Crippen LogP contribution in [0.15, 0.2) is 24.3 Å². The van der Waals surface area contributed by atoms with Crippen molar-refractivity contribution in [2.75, 3.05) is 19.7 Å². The van der Waals surface area contributed by atoms with Gasteiger partial charge in [-0.25, -0.2) is 9.18 Å². The number of carbonyl (C=O) groups excluding carboxylic acids is 1. The predicted octanol–water partition coefficient (Wildman–Crippen LogP) is 3.00. The van der Waals surface area contributed by atoms with E-state index in [2.05, 4.69) is 0 Å². The van der Waals surface area contributed by atoms with Crippen molar-refractivity contribution >= 4 is 23.2 Å². The Bertz CT molecular complexity index is 917. The fourth-order valence-electron chi connectivity index (χ4n) is 3.82. The second-order valence-corrected chi connectivity index (χ2v) is 7.87. The van der Waals surface area contributed by atoms with Crippen LogP contribution in [-0.4, -0.2) is 46.7 Å². The Morgan fingerprint density at radius 3 is 2.63 bits per heavy atom. The Hall–Kier alpha value is -2.45. The number of phenols is 1. The van der Waals surface area contributed by atoms with E-state index in [9.17, 15) is 24.2 Å². The molecule has 4 rings (SSSR count). The summed E-state index contributed by atoms with van der Waals surface area (Å²) in [6.07, 6.45) is 1.75. The van der Waals surface area contributed by atoms with E-state index < -0.39 is 23.3 Å². The number of thiophene rings is 1. The third-order valence-corrected chi connectivity index (χ3v) is 6.58. The summed E-state index contributed by atoms with van der Waals surface area (Å²) >= 11 is 1.24. The lowest BCUT2D eigenvalue weighted by Gasteiger charge is -2.43. The quantitative estimate of drug-likeness (QED) is 0.822. The van der Waals surface area contributed by atoms with Gasteiger partial charge in [0.2, 0.25) is 0 Å². The summed E-state index contributed by atoms with van der Waals surface area (Å²) in [5, 5.41) is 18.6. The van der Waals surface area contributed by atoms with Crippen LogP contribution in [0.1, 0.15) is 43.3 Å².